The van der Waals surface area contributed by atoms with Crippen molar-refractivity contribution in [3.05, 3.63) is 30.3 Å². The van der Waals surface area contributed by atoms with E-state index >= 15 is 0 Å². The molecule has 0 aromatic heterocycles. The van der Waals surface area contributed by atoms with Crippen molar-refractivity contribution in [2.75, 3.05) is 6.61 Å². The number of hydrogen-bond donors (Lipinski definition) is 1. The van der Waals surface area contributed by atoms with Gasteiger partial charge in [-0.05, 0) is 18.4 Å². The van der Waals surface area contributed by atoms with Gasteiger partial charge < -0.3 is 9.84 Å². The highest BCUT2D eigenvalue weighted by Gasteiger charge is 2.35. The topological polar surface area (TPSA) is 29.5 Å². The third kappa shape index (κ3) is 3.71. The van der Waals surface area contributed by atoms with Crippen LogP contribution in [-0.2, 0) is 4.74 Å². The molecule has 112 valence electrons. The number of aliphatic hydroxyl groups excluding tert-OH is 1. The van der Waals surface area contributed by atoms with Crippen molar-refractivity contribution in [2.45, 2.75) is 51.6 Å². The van der Waals surface area contributed by atoms with Crippen molar-refractivity contribution < 1.29 is 9.84 Å². The van der Waals surface area contributed by atoms with Gasteiger partial charge in [0.1, 0.15) is 0 Å². The maximum absolute atomic E-state index is 10.3. The van der Waals surface area contributed by atoms with Crippen LogP contribution in [0.15, 0.2) is 30.3 Å². The van der Waals surface area contributed by atoms with Crippen LogP contribution in [-0.4, -0.2) is 32.0 Å². The molecule has 0 unspecified atom stereocenters. The molecule has 20 heavy (non-hydrogen) atoms. The average Bonchev–Trinajstić information content (AvgIpc) is 2.39. The van der Waals surface area contributed by atoms with Crippen LogP contribution in [0.4, 0.5) is 0 Å². The molecule has 1 heterocycles. The fourth-order valence-electron chi connectivity index (χ4n) is 3.23. The first kappa shape index (κ1) is 15.7. The van der Waals surface area contributed by atoms with Crippen LogP contribution in [0.2, 0.25) is 19.1 Å². The summed E-state index contributed by atoms with van der Waals surface area (Å²) in [5.41, 5.74) is 0. The fraction of sp³-hybridized carbons (Fsp3) is 0.647. The molecule has 0 spiro atoms. The second-order valence-corrected chi connectivity index (χ2v) is 11.9. The lowest BCUT2D eigenvalue weighted by Gasteiger charge is -2.38. The number of hydrogen-bond acceptors (Lipinski definition) is 2. The molecule has 3 atom stereocenters. The first-order valence-electron chi connectivity index (χ1n) is 7.75. The van der Waals surface area contributed by atoms with Gasteiger partial charge in [0, 0.05) is 5.92 Å². The predicted octanol–water partition coefficient (Wildman–Crippen LogP) is 3.02. The number of ether oxygens (including phenoxy) is 1. The molecule has 1 fully saturated rings. The van der Waals surface area contributed by atoms with Gasteiger partial charge in [-0.25, -0.2) is 0 Å². The highest BCUT2D eigenvalue weighted by atomic mass is 28.3. The molecule has 1 aliphatic heterocycles. The van der Waals surface area contributed by atoms with Gasteiger partial charge in [-0.2, -0.15) is 0 Å². The SMILES string of the molecule is CC(C)[C@H]1CO[C@@H](C[Si](C)(C)c2ccccc2)C[C@H]1O. The molecule has 0 radical (unpaired) electrons. The molecule has 3 heteroatoms. The predicted molar refractivity (Wildman–Crippen MR) is 87.1 cm³/mol. The number of rotatable bonds is 4. The molecule has 1 saturated heterocycles. The Morgan fingerprint density at radius 3 is 2.45 bits per heavy atom. The lowest BCUT2D eigenvalue weighted by atomic mass is 9.86. The standard InChI is InChI=1S/C17H28O2Si/c1-13(2)16-11-19-14(10-17(16)18)12-20(3,4)15-8-6-5-7-9-15/h5-9,13-14,16-18H,10-12H2,1-4H3/t14-,16-,17-/m1/s1. The van der Waals surface area contributed by atoms with Gasteiger partial charge in [-0.15, -0.1) is 0 Å². The largest absolute Gasteiger partial charge is 0.393 e. The van der Waals surface area contributed by atoms with Crippen molar-refractivity contribution in [2.24, 2.45) is 11.8 Å². The highest BCUT2D eigenvalue weighted by Crippen LogP contribution is 2.29. The third-order valence-corrected chi connectivity index (χ3v) is 8.04. The van der Waals surface area contributed by atoms with Crippen LogP contribution in [0, 0.1) is 11.8 Å². The maximum Gasteiger partial charge on any atom is 0.0831 e. The van der Waals surface area contributed by atoms with E-state index in [1.54, 1.807) is 0 Å². The molecule has 1 aliphatic rings. The van der Waals surface area contributed by atoms with Crippen molar-refractivity contribution in [1.29, 1.82) is 0 Å². The summed E-state index contributed by atoms with van der Waals surface area (Å²) >= 11 is 0. The normalized spacial score (nSPS) is 27.8. The first-order chi connectivity index (χ1) is 9.40. The van der Waals surface area contributed by atoms with E-state index in [-0.39, 0.29) is 12.2 Å². The third-order valence-electron chi connectivity index (χ3n) is 4.67. The van der Waals surface area contributed by atoms with Gasteiger partial charge in [-0.3, -0.25) is 0 Å². The first-order valence-corrected chi connectivity index (χ1v) is 11.0. The van der Waals surface area contributed by atoms with Gasteiger partial charge in [-0.1, -0.05) is 62.5 Å². The Hall–Kier alpha value is -0.643. The lowest BCUT2D eigenvalue weighted by Crippen LogP contribution is -2.48. The molecule has 0 amide bonds. The maximum atomic E-state index is 10.3. The molecule has 1 N–H and O–H groups in total. The Labute approximate surface area is 124 Å². The van der Waals surface area contributed by atoms with Crippen LogP contribution in [0.1, 0.15) is 20.3 Å². The summed E-state index contributed by atoms with van der Waals surface area (Å²) in [7, 11) is -1.48. The summed E-state index contributed by atoms with van der Waals surface area (Å²) in [4.78, 5) is 0. The Morgan fingerprint density at radius 1 is 1.25 bits per heavy atom. The van der Waals surface area contributed by atoms with E-state index < -0.39 is 8.07 Å². The van der Waals surface area contributed by atoms with Gasteiger partial charge >= 0.3 is 0 Å². The summed E-state index contributed by atoms with van der Waals surface area (Å²) in [6.07, 6.45) is 0.822. The zero-order chi connectivity index (χ0) is 14.8. The lowest BCUT2D eigenvalue weighted by molar-refractivity contribution is -0.0890. The van der Waals surface area contributed by atoms with E-state index in [1.807, 2.05) is 0 Å². The Bertz CT molecular complexity index is 416. The molecule has 1 aromatic carbocycles. The molecule has 2 rings (SSSR count). The second-order valence-electron chi connectivity index (χ2n) is 7.12. The summed E-state index contributed by atoms with van der Waals surface area (Å²) < 4.78 is 6.05. The van der Waals surface area contributed by atoms with Crippen LogP contribution in [0.25, 0.3) is 0 Å². The van der Waals surface area contributed by atoms with Crippen molar-refractivity contribution in [3.63, 3.8) is 0 Å². The van der Waals surface area contributed by atoms with Crippen LogP contribution in [0.3, 0.4) is 0 Å². The molecular formula is C17H28O2Si. The monoisotopic (exact) mass is 292 g/mol. The summed E-state index contributed by atoms with van der Waals surface area (Å²) in [6, 6.07) is 11.9. The molecule has 2 nitrogen and oxygen atoms in total. The van der Waals surface area contributed by atoms with E-state index in [0.29, 0.717) is 18.4 Å². The Kier molecular flexibility index (Phi) is 5.05. The van der Waals surface area contributed by atoms with Crippen LogP contribution < -0.4 is 5.19 Å². The Morgan fingerprint density at radius 2 is 1.90 bits per heavy atom. The van der Waals surface area contributed by atoms with E-state index in [4.69, 9.17) is 4.74 Å². The summed E-state index contributed by atoms with van der Waals surface area (Å²) in [5.74, 6) is 0.790. The highest BCUT2D eigenvalue weighted by molar-refractivity contribution is 6.89. The van der Waals surface area contributed by atoms with E-state index in [9.17, 15) is 5.11 Å². The average molecular weight is 292 g/mol. The van der Waals surface area contributed by atoms with Gasteiger partial charge in [0.25, 0.3) is 0 Å². The second kappa shape index (κ2) is 6.42. The molecular weight excluding hydrogens is 264 g/mol. The molecule has 1 aromatic rings. The molecule has 0 saturated carbocycles. The molecule has 0 bridgehead atoms. The van der Waals surface area contributed by atoms with E-state index in [2.05, 4.69) is 57.3 Å². The van der Waals surface area contributed by atoms with Crippen molar-refractivity contribution >= 4 is 13.3 Å². The van der Waals surface area contributed by atoms with E-state index in [1.165, 1.54) is 5.19 Å². The van der Waals surface area contributed by atoms with Crippen molar-refractivity contribution in [3.8, 4) is 0 Å². The zero-order valence-electron chi connectivity index (χ0n) is 13.2. The quantitative estimate of drug-likeness (QED) is 0.864. The van der Waals surface area contributed by atoms with Gasteiger partial charge in [0.15, 0.2) is 0 Å². The van der Waals surface area contributed by atoms with E-state index in [0.717, 1.165) is 12.5 Å². The summed E-state index contributed by atoms with van der Waals surface area (Å²) in [5, 5.41) is 11.8. The van der Waals surface area contributed by atoms with Gasteiger partial charge in [0.2, 0.25) is 0 Å². The number of benzene rings is 1. The number of aliphatic hydroxyl groups is 1. The van der Waals surface area contributed by atoms with Crippen LogP contribution in [0.5, 0.6) is 0 Å². The summed E-state index contributed by atoms with van der Waals surface area (Å²) in [6.45, 7) is 9.84. The minimum absolute atomic E-state index is 0.200. The minimum atomic E-state index is -1.48. The Balaban J connectivity index is 1.98. The van der Waals surface area contributed by atoms with Crippen molar-refractivity contribution in [1.82, 2.24) is 0 Å². The smallest absolute Gasteiger partial charge is 0.0831 e. The fourth-order valence-corrected chi connectivity index (χ4v) is 5.98. The molecule has 0 aliphatic carbocycles. The van der Waals surface area contributed by atoms with Crippen LogP contribution >= 0.6 is 0 Å². The van der Waals surface area contributed by atoms with Gasteiger partial charge in [0.05, 0.1) is 26.9 Å². The minimum Gasteiger partial charge on any atom is -0.393 e. The zero-order valence-corrected chi connectivity index (χ0v) is 14.2.